The van der Waals surface area contributed by atoms with Gasteiger partial charge in [0, 0.05) is 0 Å². The Morgan fingerprint density at radius 3 is 2.25 bits per heavy atom. The zero-order valence-electron chi connectivity index (χ0n) is 17.9. The summed E-state index contributed by atoms with van der Waals surface area (Å²) < 4.78 is 17.9. The van der Waals surface area contributed by atoms with Crippen molar-refractivity contribution in [3.05, 3.63) is 57.1 Å². The third-order valence-corrected chi connectivity index (χ3v) is 5.25. The van der Waals surface area contributed by atoms with Gasteiger partial charge in [-0.15, -0.1) is 0 Å². The third-order valence-electron chi connectivity index (χ3n) is 4.66. The number of amides is 4. The van der Waals surface area contributed by atoms with Crippen molar-refractivity contribution in [3.8, 4) is 17.2 Å². The number of carbonyl (C=O) groups is 3. The highest BCUT2D eigenvalue weighted by Gasteiger charge is 2.28. The maximum absolute atomic E-state index is 12.0. The molecule has 1 aliphatic heterocycles. The molecular formula is C23H23BrN2O6. The number of rotatable bonds is 8. The molecule has 3 rings (SSSR count). The second-order valence-corrected chi connectivity index (χ2v) is 7.86. The van der Waals surface area contributed by atoms with E-state index in [0.717, 1.165) is 11.3 Å². The Morgan fingerprint density at radius 1 is 0.906 bits per heavy atom. The normalized spacial score (nSPS) is 13.4. The number of urea groups is 1. The SMILES string of the molecule is CCOc1cc(C=C2C(=O)NC(=O)NC2=O)cc(Br)c1OCCOc1ccc(C)c(C)c1. The Balaban J connectivity index is 1.73. The number of aryl methyl sites for hydroxylation is 2. The van der Waals surface area contributed by atoms with Gasteiger partial charge in [-0.3, -0.25) is 20.2 Å². The summed E-state index contributed by atoms with van der Waals surface area (Å²) in [4.78, 5) is 35.2. The van der Waals surface area contributed by atoms with Gasteiger partial charge < -0.3 is 14.2 Å². The monoisotopic (exact) mass is 502 g/mol. The highest BCUT2D eigenvalue weighted by atomic mass is 79.9. The summed E-state index contributed by atoms with van der Waals surface area (Å²) >= 11 is 3.46. The van der Waals surface area contributed by atoms with Crippen LogP contribution in [0.25, 0.3) is 6.08 Å². The minimum Gasteiger partial charge on any atom is -0.490 e. The first-order valence-electron chi connectivity index (χ1n) is 9.96. The van der Waals surface area contributed by atoms with E-state index < -0.39 is 17.8 Å². The first-order chi connectivity index (χ1) is 15.3. The topological polar surface area (TPSA) is 103 Å². The zero-order valence-corrected chi connectivity index (χ0v) is 19.5. The number of barbiturate groups is 1. The first-order valence-corrected chi connectivity index (χ1v) is 10.7. The van der Waals surface area contributed by atoms with Crippen LogP contribution in [0.2, 0.25) is 0 Å². The van der Waals surface area contributed by atoms with E-state index >= 15 is 0 Å². The fraction of sp³-hybridized carbons (Fsp3) is 0.261. The van der Waals surface area contributed by atoms with Crippen molar-refractivity contribution in [1.82, 2.24) is 10.6 Å². The van der Waals surface area contributed by atoms with Crippen molar-refractivity contribution in [2.45, 2.75) is 20.8 Å². The number of benzene rings is 2. The molecule has 2 N–H and O–H groups in total. The molecule has 0 atom stereocenters. The molecule has 1 saturated heterocycles. The van der Waals surface area contributed by atoms with Crippen LogP contribution in [0.4, 0.5) is 4.79 Å². The second kappa shape index (κ2) is 10.3. The number of carbonyl (C=O) groups excluding carboxylic acids is 3. The fourth-order valence-corrected chi connectivity index (χ4v) is 3.53. The first kappa shape index (κ1) is 23.3. The van der Waals surface area contributed by atoms with Crippen molar-refractivity contribution >= 4 is 39.9 Å². The van der Waals surface area contributed by atoms with Crippen molar-refractivity contribution in [1.29, 1.82) is 0 Å². The number of imide groups is 2. The van der Waals surface area contributed by atoms with Gasteiger partial charge in [0.05, 0.1) is 11.1 Å². The predicted molar refractivity (Wildman–Crippen MR) is 122 cm³/mol. The summed E-state index contributed by atoms with van der Waals surface area (Å²) in [6, 6.07) is 8.39. The standard InChI is InChI=1S/C23H23BrN2O6/c1-4-30-19-12-15(10-17-21(27)25-23(29)26-22(17)28)11-18(24)20(19)32-8-7-31-16-6-5-13(2)14(3)9-16/h5-6,9-12H,4,7-8H2,1-3H3,(H2,25,26,27,28,29). The maximum atomic E-state index is 12.0. The van der Waals surface area contributed by atoms with Crippen LogP contribution in [0.1, 0.15) is 23.6 Å². The van der Waals surface area contributed by atoms with E-state index in [4.69, 9.17) is 14.2 Å². The number of halogens is 1. The van der Waals surface area contributed by atoms with Gasteiger partial charge in [-0.25, -0.2) is 4.79 Å². The van der Waals surface area contributed by atoms with Gasteiger partial charge in [0.1, 0.15) is 24.5 Å². The molecule has 4 amide bonds. The maximum Gasteiger partial charge on any atom is 0.328 e. The van der Waals surface area contributed by atoms with Gasteiger partial charge in [-0.2, -0.15) is 0 Å². The average Bonchev–Trinajstić information content (AvgIpc) is 2.72. The number of ether oxygens (including phenoxy) is 3. The molecule has 0 saturated carbocycles. The Bertz CT molecular complexity index is 1070. The van der Waals surface area contributed by atoms with Crippen LogP contribution in [-0.4, -0.2) is 37.7 Å². The summed E-state index contributed by atoms with van der Waals surface area (Å²) in [7, 11) is 0. The molecule has 32 heavy (non-hydrogen) atoms. The molecule has 0 unspecified atom stereocenters. The van der Waals surface area contributed by atoms with Crippen molar-refractivity contribution in [2.75, 3.05) is 19.8 Å². The molecule has 0 aliphatic carbocycles. The molecular weight excluding hydrogens is 480 g/mol. The van der Waals surface area contributed by atoms with E-state index in [1.807, 2.05) is 49.6 Å². The van der Waals surface area contributed by atoms with Crippen LogP contribution < -0.4 is 24.8 Å². The van der Waals surface area contributed by atoms with Gasteiger partial charge in [0.25, 0.3) is 11.8 Å². The molecule has 0 aromatic heterocycles. The third kappa shape index (κ3) is 5.67. The van der Waals surface area contributed by atoms with Crippen LogP contribution in [0.3, 0.4) is 0 Å². The van der Waals surface area contributed by atoms with E-state index in [2.05, 4.69) is 15.9 Å². The molecule has 9 heteroatoms. The summed E-state index contributed by atoms with van der Waals surface area (Å²) in [6.07, 6.45) is 1.37. The van der Waals surface area contributed by atoms with Gasteiger partial charge in [-0.1, -0.05) is 6.07 Å². The fourth-order valence-electron chi connectivity index (χ4n) is 2.95. The van der Waals surface area contributed by atoms with Gasteiger partial charge in [-0.05, 0) is 83.7 Å². The van der Waals surface area contributed by atoms with Gasteiger partial charge >= 0.3 is 6.03 Å². The van der Waals surface area contributed by atoms with Crippen LogP contribution in [-0.2, 0) is 9.59 Å². The Hall–Kier alpha value is -3.33. The highest BCUT2D eigenvalue weighted by molar-refractivity contribution is 9.10. The quantitative estimate of drug-likeness (QED) is 0.324. The lowest BCUT2D eigenvalue weighted by Crippen LogP contribution is -2.51. The number of hydrogen-bond donors (Lipinski definition) is 2. The smallest absolute Gasteiger partial charge is 0.328 e. The number of hydrogen-bond acceptors (Lipinski definition) is 6. The van der Waals surface area contributed by atoms with Crippen molar-refractivity contribution in [2.24, 2.45) is 0 Å². The molecule has 0 radical (unpaired) electrons. The van der Waals surface area contributed by atoms with E-state index in [-0.39, 0.29) is 12.2 Å². The molecule has 1 aliphatic rings. The van der Waals surface area contributed by atoms with Crippen LogP contribution in [0, 0.1) is 13.8 Å². The van der Waals surface area contributed by atoms with E-state index in [0.29, 0.717) is 34.7 Å². The Morgan fingerprint density at radius 2 is 1.59 bits per heavy atom. The largest absolute Gasteiger partial charge is 0.490 e. The Labute approximate surface area is 194 Å². The van der Waals surface area contributed by atoms with Crippen LogP contribution in [0.15, 0.2) is 40.4 Å². The minimum atomic E-state index is -0.847. The van der Waals surface area contributed by atoms with Gasteiger partial charge in [0.15, 0.2) is 11.5 Å². The summed E-state index contributed by atoms with van der Waals surface area (Å²) in [6.45, 7) is 6.90. The second-order valence-electron chi connectivity index (χ2n) is 7.00. The lowest BCUT2D eigenvalue weighted by molar-refractivity contribution is -0.123. The molecule has 2 aromatic carbocycles. The predicted octanol–water partition coefficient (Wildman–Crippen LogP) is 3.67. The molecule has 0 bridgehead atoms. The molecule has 2 aromatic rings. The minimum absolute atomic E-state index is 0.186. The van der Waals surface area contributed by atoms with E-state index in [9.17, 15) is 14.4 Å². The summed E-state index contributed by atoms with van der Waals surface area (Å²) in [5, 5.41) is 4.08. The average molecular weight is 503 g/mol. The molecule has 8 nitrogen and oxygen atoms in total. The molecule has 1 heterocycles. The van der Waals surface area contributed by atoms with Crippen molar-refractivity contribution in [3.63, 3.8) is 0 Å². The lowest BCUT2D eigenvalue weighted by atomic mass is 10.1. The van der Waals surface area contributed by atoms with Gasteiger partial charge in [0.2, 0.25) is 0 Å². The van der Waals surface area contributed by atoms with E-state index in [1.165, 1.54) is 11.6 Å². The van der Waals surface area contributed by atoms with Crippen LogP contribution in [0.5, 0.6) is 17.2 Å². The van der Waals surface area contributed by atoms with Crippen molar-refractivity contribution < 1.29 is 28.6 Å². The number of nitrogens with one attached hydrogen (secondary N) is 2. The molecule has 168 valence electrons. The van der Waals surface area contributed by atoms with Crippen LogP contribution >= 0.6 is 15.9 Å². The lowest BCUT2D eigenvalue weighted by Gasteiger charge is -2.16. The Kier molecular flexibility index (Phi) is 7.53. The summed E-state index contributed by atoms with van der Waals surface area (Å²) in [5.74, 6) is 0.150. The summed E-state index contributed by atoms with van der Waals surface area (Å²) in [5.41, 5.74) is 2.69. The molecule has 1 fully saturated rings. The van der Waals surface area contributed by atoms with E-state index in [1.54, 1.807) is 12.1 Å². The molecule has 0 spiro atoms. The zero-order chi connectivity index (χ0) is 23.3. The highest BCUT2D eigenvalue weighted by Crippen LogP contribution is 2.37.